The van der Waals surface area contributed by atoms with Crippen LogP contribution < -0.4 is 11.1 Å². The van der Waals surface area contributed by atoms with Crippen molar-refractivity contribution in [3.63, 3.8) is 0 Å². The largest absolute Gasteiger partial charge is 0.329 e. The Hall–Kier alpha value is -0.520. The van der Waals surface area contributed by atoms with Gasteiger partial charge in [-0.15, -0.1) is 11.8 Å². The smallest absolute Gasteiger partial charge is 0.0214 e. The molecular formula is C12H24N2. The van der Waals surface area contributed by atoms with Gasteiger partial charge in [-0.25, -0.2) is 0 Å². The number of unbranched alkanes of at least 4 members (excludes halogenated alkanes) is 2. The Morgan fingerprint density at radius 1 is 1.36 bits per heavy atom. The third kappa shape index (κ3) is 8.10. The molecule has 0 aromatic heterocycles. The van der Waals surface area contributed by atoms with Gasteiger partial charge in [0.05, 0.1) is 0 Å². The van der Waals surface area contributed by atoms with Crippen LogP contribution in [-0.4, -0.2) is 19.1 Å². The first-order chi connectivity index (χ1) is 6.85. The van der Waals surface area contributed by atoms with Gasteiger partial charge in [0, 0.05) is 25.6 Å². The summed E-state index contributed by atoms with van der Waals surface area (Å²) < 4.78 is 0. The fraction of sp³-hybridized carbons (Fsp3) is 0.833. The Morgan fingerprint density at radius 3 is 2.71 bits per heavy atom. The molecule has 3 N–H and O–H groups in total. The number of nitrogens with one attached hydrogen (secondary N) is 1. The van der Waals surface area contributed by atoms with Gasteiger partial charge in [0.1, 0.15) is 0 Å². The van der Waals surface area contributed by atoms with Crippen molar-refractivity contribution in [3.8, 4) is 11.8 Å². The average Bonchev–Trinajstić information content (AvgIpc) is 2.22. The van der Waals surface area contributed by atoms with Crippen LogP contribution in [0.15, 0.2) is 0 Å². The first kappa shape index (κ1) is 13.5. The summed E-state index contributed by atoms with van der Waals surface area (Å²) in [6.07, 6.45) is 6.00. The molecule has 2 nitrogen and oxygen atoms in total. The molecule has 14 heavy (non-hydrogen) atoms. The molecule has 1 atom stereocenters. The van der Waals surface area contributed by atoms with E-state index >= 15 is 0 Å². The summed E-state index contributed by atoms with van der Waals surface area (Å²) >= 11 is 0. The number of nitrogens with two attached hydrogens (primary N) is 1. The SMILES string of the molecule is CC#CCCNC(CN)CCCCC. The average molecular weight is 196 g/mol. The van der Waals surface area contributed by atoms with E-state index in [-0.39, 0.29) is 0 Å². The van der Waals surface area contributed by atoms with Crippen molar-refractivity contribution in [1.82, 2.24) is 5.32 Å². The summed E-state index contributed by atoms with van der Waals surface area (Å²) in [7, 11) is 0. The van der Waals surface area contributed by atoms with Crippen LogP contribution in [0.1, 0.15) is 46.0 Å². The van der Waals surface area contributed by atoms with Crippen molar-refractivity contribution >= 4 is 0 Å². The van der Waals surface area contributed by atoms with Crippen LogP contribution in [0.25, 0.3) is 0 Å². The Bertz CT molecular complexity index is 167. The number of hydrogen-bond acceptors (Lipinski definition) is 2. The molecule has 0 saturated carbocycles. The van der Waals surface area contributed by atoms with Gasteiger partial charge in [0.15, 0.2) is 0 Å². The molecule has 0 heterocycles. The lowest BCUT2D eigenvalue weighted by Crippen LogP contribution is -2.36. The van der Waals surface area contributed by atoms with E-state index in [0.717, 1.165) is 19.5 Å². The van der Waals surface area contributed by atoms with Crippen molar-refractivity contribution in [2.45, 2.75) is 52.0 Å². The maximum absolute atomic E-state index is 5.67. The molecule has 0 aliphatic heterocycles. The third-order valence-corrected chi connectivity index (χ3v) is 2.30. The molecule has 0 aliphatic rings. The summed E-state index contributed by atoms with van der Waals surface area (Å²) in [5.74, 6) is 5.93. The zero-order chi connectivity index (χ0) is 10.6. The molecule has 0 radical (unpaired) electrons. The predicted octanol–water partition coefficient (Wildman–Crippen LogP) is 1.90. The Kier molecular flexibility index (Phi) is 10.2. The monoisotopic (exact) mass is 196 g/mol. The van der Waals surface area contributed by atoms with Crippen LogP contribution >= 0.6 is 0 Å². The lowest BCUT2D eigenvalue weighted by atomic mass is 10.1. The van der Waals surface area contributed by atoms with Gasteiger partial charge in [0.2, 0.25) is 0 Å². The van der Waals surface area contributed by atoms with Gasteiger partial charge in [0.25, 0.3) is 0 Å². The Morgan fingerprint density at radius 2 is 2.14 bits per heavy atom. The standard InChI is InChI=1S/C12H24N2/c1-3-5-7-9-12(11-13)14-10-8-6-4-2/h12,14H,3,5,7-11,13H2,1-2H3. The molecule has 0 saturated heterocycles. The summed E-state index contributed by atoms with van der Waals surface area (Å²) in [4.78, 5) is 0. The molecule has 1 unspecified atom stereocenters. The van der Waals surface area contributed by atoms with Crippen LogP contribution in [0.3, 0.4) is 0 Å². The fourth-order valence-electron chi connectivity index (χ4n) is 1.41. The molecule has 0 bridgehead atoms. The minimum Gasteiger partial charge on any atom is -0.329 e. The van der Waals surface area contributed by atoms with Gasteiger partial charge < -0.3 is 11.1 Å². The summed E-state index contributed by atoms with van der Waals surface area (Å²) in [6, 6.07) is 0.486. The van der Waals surface area contributed by atoms with Crippen molar-refractivity contribution in [1.29, 1.82) is 0 Å². The van der Waals surface area contributed by atoms with E-state index < -0.39 is 0 Å². The molecule has 0 amide bonds. The second-order valence-corrected chi connectivity index (χ2v) is 3.56. The van der Waals surface area contributed by atoms with Crippen LogP contribution in [-0.2, 0) is 0 Å². The van der Waals surface area contributed by atoms with Crippen molar-refractivity contribution in [2.75, 3.05) is 13.1 Å². The fourth-order valence-corrected chi connectivity index (χ4v) is 1.41. The van der Waals surface area contributed by atoms with Crippen molar-refractivity contribution in [3.05, 3.63) is 0 Å². The summed E-state index contributed by atoms with van der Waals surface area (Å²) in [5, 5.41) is 3.44. The van der Waals surface area contributed by atoms with Gasteiger partial charge >= 0.3 is 0 Å². The van der Waals surface area contributed by atoms with Gasteiger partial charge in [-0.1, -0.05) is 26.2 Å². The highest BCUT2D eigenvalue weighted by atomic mass is 14.9. The first-order valence-corrected chi connectivity index (χ1v) is 5.68. The highest BCUT2D eigenvalue weighted by Crippen LogP contribution is 2.02. The van der Waals surface area contributed by atoms with E-state index in [9.17, 15) is 0 Å². The van der Waals surface area contributed by atoms with Crippen molar-refractivity contribution < 1.29 is 0 Å². The van der Waals surface area contributed by atoms with E-state index in [2.05, 4.69) is 24.1 Å². The lowest BCUT2D eigenvalue weighted by molar-refractivity contribution is 0.471. The van der Waals surface area contributed by atoms with E-state index in [0.29, 0.717) is 6.04 Å². The van der Waals surface area contributed by atoms with Crippen LogP contribution in [0, 0.1) is 11.8 Å². The molecular weight excluding hydrogens is 172 g/mol. The summed E-state index contributed by atoms with van der Waals surface area (Å²) in [5.41, 5.74) is 5.67. The molecule has 0 spiro atoms. The second kappa shape index (κ2) is 10.6. The highest BCUT2D eigenvalue weighted by Gasteiger charge is 2.03. The zero-order valence-electron chi connectivity index (χ0n) is 9.60. The quantitative estimate of drug-likeness (QED) is 0.459. The van der Waals surface area contributed by atoms with Crippen LogP contribution in [0.2, 0.25) is 0 Å². The number of hydrogen-bond donors (Lipinski definition) is 2. The third-order valence-electron chi connectivity index (χ3n) is 2.30. The lowest BCUT2D eigenvalue weighted by Gasteiger charge is -2.15. The topological polar surface area (TPSA) is 38.0 Å². The zero-order valence-corrected chi connectivity index (χ0v) is 9.60. The van der Waals surface area contributed by atoms with Gasteiger partial charge in [-0.3, -0.25) is 0 Å². The molecule has 0 rings (SSSR count). The normalized spacial score (nSPS) is 11.9. The molecule has 0 aromatic rings. The molecule has 0 aliphatic carbocycles. The second-order valence-electron chi connectivity index (χ2n) is 3.56. The number of rotatable bonds is 8. The van der Waals surface area contributed by atoms with E-state index in [1.165, 1.54) is 25.7 Å². The van der Waals surface area contributed by atoms with Crippen LogP contribution in [0.4, 0.5) is 0 Å². The minimum atomic E-state index is 0.486. The highest BCUT2D eigenvalue weighted by molar-refractivity contribution is 4.95. The van der Waals surface area contributed by atoms with Gasteiger partial charge in [-0.2, -0.15) is 0 Å². The van der Waals surface area contributed by atoms with E-state index in [4.69, 9.17) is 5.73 Å². The Labute approximate surface area is 88.6 Å². The summed E-state index contributed by atoms with van der Waals surface area (Å²) in [6.45, 7) is 5.81. The first-order valence-electron chi connectivity index (χ1n) is 5.68. The Balaban J connectivity index is 3.40. The van der Waals surface area contributed by atoms with Gasteiger partial charge in [-0.05, 0) is 13.3 Å². The maximum Gasteiger partial charge on any atom is 0.0214 e. The van der Waals surface area contributed by atoms with Crippen LogP contribution in [0.5, 0.6) is 0 Å². The maximum atomic E-state index is 5.67. The molecule has 2 heteroatoms. The molecule has 82 valence electrons. The molecule has 0 aromatic carbocycles. The van der Waals surface area contributed by atoms with E-state index in [1.54, 1.807) is 0 Å². The minimum absolute atomic E-state index is 0.486. The van der Waals surface area contributed by atoms with Crippen molar-refractivity contribution in [2.24, 2.45) is 5.73 Å². The van der Waals surface area contributed by atoms with E-state index in [1.807, 2.05) is 6.92 Å². The molecule has 0 fully saturated rings. The predicted molar refractivity (Wildman–Crippen MR) is 63.1 cm³/mol.